The minimum Gasteiger partial charge on any atom is -0.335 e. The number of nitrogens with zero attached hydrogens (tertiary/aromatic N) is 3. The highest BCUT2D eigenvalue weighted by atomic mass is 32.1. The fraction of sp³-hybridized carbons (Fsp3) is 0.192. The molecule has 0 atom stereocenters. The molecule has 8 heteroatoms. The second kappa shape index (κ2) is 8.79. The molecule has 170 valence electrons. The van der Waals surface area contributed by atoms with Crippen LogP contribution in [0.2, 0.25) is 0 Å². The molecule has 1 aliphatic rings. The first-order valence-electron chi connectivity index (χ1n) is 11.3. The first-order chi connectivity index (χ1) is 16.7. The lowest BCUT2D eigenvalue weighted by Gasteiger charge is -2.26. The Morgan fingerprint density at radius 2 is 2.00 bits per heavy atom. The highest BCUT2D eigenvalue weighted by molar-refractivity contribution is 7.21. The van der Waals surface area contributed by atoms with E-state index in [9.17, 15) is 4.79 Å². The van der Waals surface area contributed by atoms with Gasteiger partial charge in [-0.1, -0.05) is 12.1 Å². The zero-order chi connectivity index (χ0) is 23.1. The molecule has 0 saturated carbocycles. The van der Waals surface area contributed by atoms with Crippen LogP contribution >= 0.6 is 22.7 Å². The average molecular weight is 486 g/mol. The molecule has 2 N–H and O–H groups in total. The second-order valence-electron chi connectivity index (χ2n) is 8.40. The number of rotatable bonds is 4. The fourth-order valence-electron chi connectivity index (χ4n) is 4.33. The van der Waals surface area contributed by atoms with Crippen molar-refractivity contribution in [3.05, 3.63) is 70.5 Å². The molecule has 5 aromatic rings. The van der Waals surface area contributed by atoms with Crippen molar-refractivity contribution in [2.75, 3.05) is 31.5 Å². The third kappa shape index (κ3) is 3.94. The number of aromatic nitrogens is 2. The standard InChI is InChI=1S/C26H23N5OS2/c1-16-7-12-33-24(16)17-3-2-4-19(13-17)29-26-28-15-18-5-6-21-20(23(18)30-26)14-22(34-21)25(32)31-10-8-27-9-11-31/h2-7,12-15,27H,8-11H2,1H3,(H,28,29,30). The van der Waals surface area contributed by atoms with Gasteiger partial charge in [0.25, 0.3) is 5.91 Å². The summed E-state index contributed by atoms with van der Waals surface area (Å²) in [5.41, 5.74) is 4.25. The van der Waals surface area contributed by atoms with E-state index in [1.165, 1.54) is 27.3 Å². The number of hydrogen-bond donors (Lipinski definition) is 2. The Labute approximate surface area is 205 Å². The molecule has 0 bridgehead atoms. The number of fused-ring (bicyclic) bond motifs is 3. The van der Waals surface area contributed by atoms with Crippen molar-refractivity contribution in [2.45, 2.75) is 6.92 Å². The summed E-state index contributed by atoms with van der Waals surface area (Å²) in [6.07, 6.45) is 1.84. The fourth-order valence-corrected chi connectivity index (χ4v) is 6.29. The van der Waals surface area contributed by atoms with Crippen LogP contribution in [-0.2, 0) is 0 Å². The van der Waals surface area contributed by atoms with E-state index in [2.05, 4.69) is 52.2 Å². The van der Waals surface area contributed by atoms with Gasteiger partial charge in [-0.15, -0.1) is 22.7 Å². The Balaban J connectivity index is 1.33. The van der Waals surface area contributed by atoms with Crippen molar-refractivity contribution in [3.63, 3.8) is 0 Å². The largest absolute Gasteiger partial charge is 0.335 e. The zero-order valence-corrected chi connectivity index (χ0v) is 20.3. The summed E-state index contributed by atoms with van der Waals surface area (Å²) >= 11 is 3.28. The topological polar surface area (TPSA) is 70.2 Å². The molecule has 4 heterocycles. The molecule has 1 fully saturated rings. The van der Waals surface area contributed by atoms with Crippen LogP contribution in [0, 0.1) is 6.92 Å². The molecule has 6 nitrogen and oxygen atoms in total. The SMILES string of the molecule is Cc1ccsc1-c1cccc(Nc2ncc3ccc4sc(C(=O)N5CCNCC5)cc4c3n2)c1. The third-order valence-corrected chi connectivity index (χ3v) is 8.26. The molecule has 0 unspecified atom stereocenters. The van der Waals surface area contributed by atoms with Crippen molar-refractivity contribution >= 4 is 61.2 Å². The summed E-state index contributed by atoms with van der Waals surface area (Å²) in [5.74, 6) is 0.644. The van der Waals surface area contributed by atoms with Crippen LogP contribution in [-0.4, -0.2) is 47.0 Å². The molecule has 6 rings (SSSR count). The number of carbonyl (C=O) groups is 1. The van der Waals surface area contributed by atoms with E-state index in [0.717, 1.165) is 57.7 Å². The number of piperazine rings is 1. The molecule has 0 aliphatic carbocycles. The van der Waals surface area contributed by atoms with Gasteiger partial charge in [0.1, 0.15) is 0 Å². The van der Waals surface area contributed by atoms with Gasteiger partial charge in [0, 0.05) is 58.4 Å². The minimum absolute atomic E-state index is 0.101. The predicted molar refractivity (Wildman–Crippen MR) is 141 cm³/mol. The maximum Gasteiger partial charge on any atom is 0.264 e. The molecule has 0 spiro atoms. The summed E-state index contributed by atoms with van der Waals surface area (Å²) in [6, 6.07) is 16.5. The predicted octanol–water partition coefficient (Wildman–Crippen LogP) is 5.67. The summed E-state index contributed by atoms with van der Waals surface area (Å²) < 4.78 is 1.06. The van der Waals surface area contributed by atoms with Gasteiger partial charge in [0.2, 0.25) is 5.95 Å². The van der Waals surface area contributed by atoms with Crippen LogP contribution in [0.4, 0.5) is 11.6 Å². The Kier molecular flexibility index (Phi) is 5.49. The number of benzene rings is 2. The van der Waals surface area contributed by atoms with Crippen LogP contribution in [0.15, 0.2) is 60.1 Å². The summed E-state index contributed by atoms with van der Waals surface area (Å²) in [4.78, 5) is 26.4. The Bertz CT molecular complexity index is 1520. The van der Waals surface area contributed by atoms with Gasteiger partial charge in [0.15, 0.2) is 0 Å². The Morgan fingerprint density at radius 3 is 2.82 bits per heavy atom. The van der Waals surface area contributed by atoms with Crippen LogP contribution in [0.1, 0.15) is 15.2 Å². The van der Waals surface area contributed by atoms with E-state index >= 15 is 0 Å². The number of carbonyl (C=O) groups excluding carboxylic acids is 1. The highest BCUT2D eigenvalue weighted by Gasteiger charge is 2.21. The number of thiophene rings is 2. The molecule has 0 radical (unpaired) electrons. The van der Waals surface area contributed by atoms with Gasteiger partial charge < -0.3 is 15.5 Å². The van der Waals surface area contributed by atoms with E-state index < -0.39 is 0 Å². The third-order valence-electron chi connectivity index (χ3n) is 6.11. The van der Waals surface area contributed by atoms with Crippen LogP contribution in [0.3, 0.4) is 0 Å². The van der Waals surface area contributed by atoms with Crippen molar-refractivity contribution in [1.29, 1.82) is 0 Å². The van der Waals surface area contributed by atoms with Crippen molar-refractivity contribution in [3.8, 4) is 10.4 Å². The molecular weight excluding hydrogens is 462 g/mol. The average Bonchev–Trinajstić information content (AvgIpc) is 3.51. The summed E-state index contributed by atoms with van der Waals surface area (Å²) in [6.45, 7) is 5.30. The van der Waals surface area contributed by atoms with E-state index in [-0.39, 0.29) is 5.91 Å². The molecule has 1 amide bonds. The van der Waals surface area contributed by atoms with Gasteiger partial charge in [-0.3, -0.25) is 4.79 Å². The lowest BCUT2D eigenvalue weighted by molar-refractivity contribution is 0.0741. The van der Waals surface area contributed by atoms with Crippen molar-refractivity contribution in [2.24, 2.45) is 0 Å². The molecule has 3 aromatic heterocycles. The second-order valence-corrected chi connectivity index (χ2v) is 10.4. The van der Waals surface area contributed by atoms with Gasteiger partial charge in [-0.25, -0.2) is 9.97 Å². The van der Waals surface area contributed by atoms with Gasteiger partial charge >= 0.3 is 0 Å². The van der Waals surface area contributed by atoms with Gasteiger partial charge in [0.05, 0.1) is 10.4 Å². The molecule has 2 aromatic carbocycles. The smallest absolute Gasteiger partial charge is 0.264 e. The first kappa shape index (κ1) is 21.2. The molecule has 1 aliphatic heterocycles. The highest BCUT2D eigenvalue weighted by Crippen LogP contribution is 2.33. The monoisotopic (exact) mass is 485 g/mol. The van der Waals surface area contributed by atoms with Crippen molar-refractivity contribution in [1.82, 2.24) is 20.2 Å². The van der Waals surface area contributed by atoms with Gasteiger partial charge in [-0.05, 0) is 59.8 Å². The number of amides is 1. The molecule has 1 saturated heterocycles. The Morgan fingerprint density at radius 1 is 1.12 bits per heavy atom. The summed E-state index contributed by atoms with van der Waals surface area (Å²) in [5, 5.41) is 10.7. The number of anilines is 2. The van der Waals surface area contributed by atoms with E-state index in [4.69, 9.17) is 4.98 Å². The van der Waals surface area contributed by atoms with E-state index in [1.807, 2.05) is 35.4 Å². The lowest BCUT2D eigenvalue weighted by atomic mass is 10.1. The summed E-state index contributed by atoms with van der Waals surface area (Å²) in [7, 11) is 0. The van der Waals surface area contributed by atoms with Gasteiger partial charge in [-0.2, -0.15) is 0 Å². The zero-order valence-electron chi connectivity index (χ0n) is 18.7. The maximum atomic E-state index is 13.0. The lowest BCUT2D eigenvalue weighted by Crippen LogP contribution is -2.46. The number of aryl methyl sites for hydroxylation is 1. The molecule has 34 heavy (non-hydrogen) atoms. The normalized spacial score (nSPS) is 14.1. The van der Waals surface area contributed by atoms with Crippen LogP contribution in [0.25, 0.3) is 31.4 Å². The van der Waals surface area contributed by atoms with Crippen LogP contribution in [0.5, 0.6) is 0 Å². The van der Waals surface area contributed by atoms with E-state index in [1.54, 1.807) is 11.3 Å². The number of hydrogen-bond acceptors (Lipinski definition) is 7. The number of nitrogens with one attached hydrogen (secondary N) is 2. The van der Waals surface area contributed by atoms with Crippen molar-refractivity contribution < 1.29 is 4.79 Å². The Hall–Kier alpha value is -3.33. The quantitative estimate of drug-likeness (QED) is 0.343. The van der Waals surface area contributed by atoms with E-state index in [0.29, 0.717) is 5.95 Å². The van der Waals surface area contributed by atoms with Crippen LogP contribution < -0.4 is 10.6 Å². The first-order valence-corrected chi connectivity index (χ1v) is 13.0. The maximum absolute atomic E-state index is 13.0. The minimum atomic E-state index is 0.101. The molecular formula is C26H23N5OS2.